The van der Waals surface area contributed by atoms with Crippen LogP contribution in [-0.2, 0) is 25.7 Å². The van der Waals surface area contributed by atoms with Crippen LogP contribution in [0.15, 0.2) is 24.3 Å². The van der Waals surface area contributed by atoms with Gasteiger partial charge < -0.3 is 14.4 Å². The fraction of sp³-hybridized carbons (Fsp3) is 0.438. The first-order valence-electron chi connectivity index (χ1n) is 6.89. The number of benzene rings is 1. The van der Waals surface area contributed by atoms with Gasteiger partial charge >= 0.3 is 5.97 Å². The first kappa shape index (κ1) is 16.9. The van der Waals surface area contributed by atoms with E-state index in [-0.39, 0.29) is 30.7 Å². The lowest BCUT2D eigenvalue weighted by Gasteiger charge is -2.19. The topological polar surface area (TPSA) is 63.7 Å². The third kappa shape index (κ3) is 5.77. The third-order valence-corrected chi connectivity index (χ3v) is 3.12. The van der Waals surface area contributed by atoms with Gasteiger partial charge in [-0.05, 0) is 19.4 Å². The molecule has 0 saturated carbocycles. The molecule has 0 aliphatic rings. The molecule has 0 atom stereocenters. The van der Waals surface area contributed by atoms with Crippen molar-refractivity contribution in [2.75, 3.05) is 11.9 Å². The second-order valence-corrected chi connectivity index (χ2v) is 4.92. The van der Waals surface area contributed by atoms with E-state index in [0.29, 0.717) is 12.8 Å². The zero-order valence-corrected chi connectivity index (χ0v) is 12.7. The summed E-state index contributed by atoms with van der Waals surface area (Å²) in [5.74, 6) is -0.358. The quantitative estimate of drug-likeness (QED) is 0.724. The summed E-state index contributed by atoms with van der Waals surface area (Å²) in [7, 11) is 1.68. The van der Waals surface area contributed by atoms with E-state index in [0.717, 1.165) is 11.3 Å². The van der Waals surface area contributed by atoms with Crippen LogP contribution >= 0.6 is 0 Å². The van der Waals surface area contributed by atoms with Crippen LogP contribution in [0.5, 0.6) is 0 Å². The molecular formula is C16H21NO4. The molecule has 1 aromatic carbocycles. The van der Waals surface area contributed by atoms with E-state index in [9.17, 15) is 14.4 Å². The minimum Gasteiger partial charge on any atom is -0.461 e. The van der Waals surface area contributed by atoms with Crippen molar-refractivity contribution in [2.24, 2.45) is 0 Å². The number of rotatable bonds is 7. The molecule has 21 heavy (non-hydrogen) atoms. The maximum atomic E-state index is 11.6. The van der Waals surface area contributed by atoms with Crippen LogP contribution in [0.3, 0.4) is 0 Å². The zero-order valence-electron chi connectivity index (χ0n) is 12.7. The van der Waals surface area contributed by atoms with Crippen LogP contribution in [0.4, 0.5) is 5.69 Å². The third-order valence-electron chi connectivity index (χ3n) is 3.12. The number of hydrogen-bond donors (Lipinski definition) is 0. The Labute approximate surface area is 124 Å². The number of esters is 1. The molecule has 0 aliphatic heterocycles. The predicted octanol–water partition coefficient (Wildman–Crippen LogP) is 2.47. The van der Waals surface area contributed by atoms with Gasteiger partial charge in [0.2, 0.25) is 5.91 Å². The number of anilines is 1. The van der Waals surface area contributed by atoms with Crippen molar-refractivity contribution in [1.82, 2.24) is 0 Å². The summed E-state index contributed by atoms with van der Waals surface area (Å²) in [5.41, 5.74) is 1.50. The Morgan fingerprint density at radius 2 is 1.76 bits per heavy atom. The van der Waals surface area contributed by atoms with E-state index >= 15 is 0 Å². The number of amides is 1. The lowest BCUT2D eigenvalue weighted by Crippen LogP contribution is -2.24. The maximum Gasteiger partial charge on any atom is 0.306 e. The summed E-state index contributed by atoms with van der Waals surface area (Å²) in [6.07, 6.45) is 1.12. The molecule has 0 fully saturated rings. The average molecular weight is 291 g/mol. The molecule has 0 N–H and O–H groups in total. The van der Waals surface area contributed by atoms with Gasteiger partial charge in [-0.3, -0.25) is 9.59 Å². The van der Waals surface area contributed by atoms with Crippen LogP contribution in [0.25, 0.3) is 0 Å². The normalized spacial score (nSPS) is 10.0. The van der Waals surface area contributed by atoms with Gasteiger partial charge in [-0.25, -0.2) is 0 Å². The molecule has 114 valence electrons. The molecule has 0 bridgehead atoms. The molecule has 0 aliphatic carbocycles. The highest BCUT2D eigenvalue weighted by molar-refractivity contribution is 5.91. The van der Waals surface area contributed by atoms with E-state index in [4.69, 9.17) is 4.74 Å². The second kappa shape index (κ2) is 8.19. The maximum absolute atomic E-state index is 11.6. The Bertz CT molecular complexity index is 525. The van der Waals surface area contributed by atoms with E-state index in [1.807, 2.05) is 18.2 Å². The minimum absolute atomic E-state index is 0.0660. The summed E-state index contributed by atoms with van der Waals surface area (Å²) in [6, 6.07) is 7.28. The number of Topliss-reactive ketones (excluding diaryl/α,β-unsaturated/α-hetero) is 1. The summed E-state index contributed by atoms with van der Waals surface area (Å²) < 4.78 is 5.19. The van der Waals surface area contributed by atoms with Crippen molar-refractivity contribution >= 4 is 23.3 Å². The van der Waals surface area contributed by atoms with Crippen molar-refractivity contribution in [2.45, 2.75) is 39.7 Å². The molecule has 0 heterocycles. The molecule has 5 heteroatoms. The molecule has 1 aromatic rings. The number of carbonyl (C=O) groups excluding carboxylic acids is 3. The molecule has 1 amide bonds. The number of para-hydroxylation sites is 1. The fourth-order valence-electron chi connectivity index (χ4n) is 1.84. The highest BCUT2D eigenvalue weighted by atomic mass is 16.5. The number of ketones is 1. The SMILES string of the molecule is CC(=O)CCCC(=O)OCc1ccccc1N(C)C(C)=O. The van der Waals surface area contributed by atoms with E-state index in [1.54, 1.807) is 13.1 Å². The van der Waals surface area contributed by atoms with E-state index < -0.39 is 0 Å². The largest absolute Gasteiger partial charge is 0.461 e. The van der Waals surface area contributed by atoms with Crippen molar-refractivity contribution in [1.29, 1.82) is 0 Å². The average Bonchev–Trinajstić information content (AvgIpc) is 2.44. The van der Waals surface area contributed by atoms with Gasteiger partial charge in [0.25, 0.3) is 0 Å². The second-order valence-electron chi connectivity index (χ2n) is 4.92. The number of nitrogens with zero attached hydrogens (tertiary/aromatic N) is 1. The van der Waals surface area contributed by atoms with Gasteiger partial charge in [0.1, 0.15) is 12.4 Å². The van der Waals surface area contributed by atoms with Crippen LogP contribution in [0.1, 0.15) is 38.7 Å². The lowest BCUT2D eigenvalue weighted by molar-refractivity contribution is -0.145. The molecule has 0 spiro atoms. The minimum atomic E-state index is -0.337. The Hall–Kier alpha value is -2.17. The number of hydrogen-bond acceptors (Lipinski definition) is 4. The lowest BCUT2D eigenvalue weighted by atomic mass is 10.1. The van der Waals surface area contributed by atoms with Crippen molar-refractivity contribution in [3.63, 3.8) is 0 Å². The molecule has 0 aromatic heterocycles. The van der Waals surface area contributed by atoms with Crippen molar-refractivity contribution in [3.8, 4) is 0 Å². The molecule has 0 radical (unpaired) electrons. The highest BCUT2D eigenvalue weighted by Crippen LogP contribution is 2.20. The van der Waals surface area contributed by atoms with Gasteiger partial charge in [0.15, 0.2) is 0 Å². The van der Waals surface area contributed by atoms with Gasteiger partial charge in [-0.2, -0.15) is 0 Å². The van der Waals surface area contributed by atoms with Crippen molar-refractivity contribution in [3.05, 3.63) is 29.8 Å². The van der Waals surface area contributed by atoms with Crippen LogP contribution in [0.2, 0.25) is 0 Å². The first-order valence-corrected chi connectivity index (χ1v) is 6.89. The molecule has 0 saturated heterocycles. The molecule has 1 rings (SSSR count). The van der Waals surface area contributed by atoms with Crippen LogP contribution in [0, 0.1) is 0 Å². The Kier molecular flexibility index (Phi) is 6.59. The Balaban J connectivity index is 2.57. The predicted molar refractivity (Wildman–Crippen MR) is 79.9 cm³/mol. The standard InChI is InChI=1S/C16H21NO4/c1-12(18)7-6-10-16(20)21-11-14-8-4-5-9-15(14)17(3)13(2)19/h4-5,8-9H,6-7,10-11H2,1-3H3. The summed E-state index contributed by atoms with van der Waals surface area (Å²) in [4.78, 5) is 35.3. The van der Waals surface area contributed by atoms with Gasteiger partial charge in [-0.1, -0.05) is 18.2 Å². The van der Waals surface area contributed by atoms with Crippen LogP contribution < -0.4 is 4.90 Å². The van der Waals surface area contributed by atoms with Gasteiger partial charge in [-0.15, -0.1) is 0 Å². The summed E-state index contributed by atoms with van der Waals surface area (Å²) >= 11 is 0. The first-order chi connectivity index (χ1) is 9.91. The molecular weight excluding hydrogens is 270 g/mol. The summed E-state index contributed by atoms with van der Waals surface area (Å²) in [5, 5.41) is 0. The van der Waals surface area contributed by atoms with Crippen molar-refractivity contribution < 1.29 is 19.1 Å². The monoisotopic (exact) mass is 291 g/mol. The number of carbonyl (C=O) groups is 3. The Morgan fingerprint density at radius 3 is 2.38 bits per heavy atom. The zero-order chi connectivity index (χ0) is 15.8. The number of ether oxygens (including phenoxy) is 1. The summed E-state index contributed by atoms with van der Waals surface area (Å²) in [6.45, 7) is 3.09. The van der Waals surface area contributed by atoms with E-state index in [2.05, 4.69) is 0 Å². The smallest absolute Gasteiger partial charge is 0.306 e. The molecule has 0 unspecified atom stereocenters. The van der Waals surface area contributed by atoms with E-state index in [1.165, 1.54) is 18.7 Å². The fourth-order valence-corrected chi connectivity index (χ4v) is 1.84. The molecule has 5 nitrogen and oxygen atoms in total. The van der Waals surface area contributed by atoms with Gasteiger partial charge in [0, 0.05) is 38.1 Å². The van der Waals surface area contributed by atoms with Crippen LogP contribution in [-0.4, -0.2) is 24.7 Å². The highest BCUT2D eigenvalue weighted by Gasteiger charge is 2.12. The van der Waals surface area contributed by atoms with Gasteiger partial charge in [0.05, 0.1) is 0 Å². The Morgan fingerprint density at radius 1 is 1.10 bits per heavy atom.